The lowest BCUT2D eigenvalue weighted by Gasteiger charge is -2.00. The number of nitrogens with one attached hydrogen (secondary N) is 1. The number of halogens is 2. The Morgan fingerprint density at radius 1 is 1.29 bits per heavy atom. The van der Waals surface area contributed by atoms with Gasteiger partial charge in [-0.3, -0.25) is 0 Å². The van der Waals surface area contributed by atoms with Crippen LogP contribution in [0.4, 0.5) is 0 Å². The van der Waals surface area contributed by atoms with Crippen molar-refractivity contribution in [1.29, 1.82) is 0 Å². The van der Waals surface area contributed by atoms with E-state index in [0.717, 1.165) is 37.5 Å². The minimum absolute atomic E-state index is 0.916. The van der Waals surface area contributed by atoms with Gasteiger partial charge in [0.05, 0.1) is 0 Å². The van der Waals surface area contributed by atoms with Gasteiger partial charge in [0.25, 0.3) is 0 Å². The lowest BCUT2D eigenvalue weighted by molar-refractivity contribution is 0.779. The molecule has 1 aromatic carbocycles. The highest BCUT2D eigenvalue weighted by atomic mass is 79.9. The largest absolute Gasteiger partial charge is 0.319 e. The SMILES string of the molecule is CNCCc1nnc(-c2cc(Br)ccc2Br)s1. The summed E-state index contributed by atoms with van der Waals surface area (Å²) in [6, 6.07) is 6.05. The quantitative estimate of drug-likeness (QED) is 0.887. The molecule has 6 heteroatoms. The Morgan fingerprint density at radius 2 is 2.12 bits per heavy atom. The molecule has 90 valence electrons. The minimum atomic E-state index is 0.916. The third-order valence-corrected chi connectivity index (χ3v) is 4.42. The van der Waals surface area contributed by atoms with Gasteiger partial charge in [-0.15, -0.1) is 10.2 Å². The molecular weight excluding hydrogens is 366 g/mol. The summed E-state index contributed by atoms with van der Waals surface area (Å²) in [4.78, 5) is 0. The predicted molar refractivity (Wildman–Crippen MR) is 78.4 cm³/mol. The highest BCUT2D eigenvalue weighted by Gasteiger charge is 2.10. The summed E-state index contributed by atoms with van der Waals surface area (Å²) in [5.41, 5.74) is 1.08. The van der Waals surface area contributed by atoms with Crippen LogP contribution < -0.4 is 5.32 Å². The minimum Gasteiger partial charge on any atom is -0.319 e. The summed E-state index contributed by atoms with van der Waals surface area (Å²) in [7, 11) is 1.94. The molecule has 2 rings (SSSR count). The topological polar surface area (TPSA) is 37.8 Å². The van der Waals surface area contributed by atoms with E-state index in [2.05, 4.69) is 47.4 Å². The summed E-state index contributed by atoms with van der Waals surface area (Å²) in [5.74, 6) is 0. The number of nitrogens with zero attached hydrogens (tertiary/aromatic N) is 2. The molecule has 17 heavy (non-hydrogen) atoms. The first-order chi connectivity index (χ1) is 8.20. The van der Waals surface area contributed by atoms with Gasteiger partial charge in [0, 0.05) is 27.5 Å². The van der Waals surface area contributed by atoms with Crippen LogP contribution in [0.3, 0.4) is 0 Å². The smallest absolute Gasteiger partial charge is 0.148 e. The second-order valence-corrected chi connectivity index (χ2v) is 6.31. The van der Waals surface area contributed by atoms with Gasteiger partial charge in [0.2, 0.25) is 0 Å². The van der Waals surface area contributed by atoms with Crippen LogP contribution in [0.5, 0.6) is 0 Å². The van der Waals surface area contributed by atoms with E-state index in [1.165, 1.54) is 0 Å². The van der Waals surface area contributed by atoms with Gasteiger partial charge >= 0.3 is 0 Å². The number of rotatable bonds is 4. The molecule has 0 aliphatic rings. The number of hydrogen-bond donors (Lipinski definition) is 1. The molecule has 0 fully saturated rings. The Morgan fingerprint density at radius 3 is 2.88 bits per heavy atom. The average Bonchev–Trinajstić information content (AvgIpc) is 2.78. The maximum Gasteiger partial charge on any atom is 0.148 e. The Hall–Kier alpha value is -0.300. The Bertz CT molecular complexity index is 513. The molecule has 0 atom stereocenters. The third-order valence-electron chi connectivity index (χ3n) is 2.21. The van der Waals surface area contributed by atoms with Crippen LogP contribution in [-0.4, -0.2) is 23.8 Å². The van der Waals surface area contributed by atoms with E-state index >= 15 is 0 Å². The maximum atomic E-state index is 4.23. The molecule has 1 heterocycles. The molecule has 1 aromatic heterocycles. The van der Waals surface area contributed by atoms with Gasteiger partial charge in [-0.2, -0.15) is 0 Å². The zero-order valence-corrected chi connectivity index (χ0v) is 13.2. The molecule has 0 saturated carbocycles. The van der Waals surface area contributed by atoms with Crippen LogP contribution in [0.15, 0.2) is 27.1 Å². The van der Waals surface area contributed by atoms with E-state index in [1.54, 1.807) is 11.3 Å². The normalized spacial score (nSPS) is 10.8. The fourth-order valence-corrected chi connectivity index (χ4v) is 3.15. The van der Waals surface area contributed by atoms with E-state index in [-0.39, 0.29) is 0 Å². The first-order valence-electron chi connectivity index (χ1n) is 5.13. The first-order valence-corrected chi connectivity index (χ1v) is 7.53. The van der Waals surface area contributed by atoms with Gasteiger partial charge in [-0.1, -0.05) is 43.2 Å². The molecule has 0 radical (unpaired) electrons. The number of benzene rings is 1. The first kappa shape index (κ1) is 13.1. The standard InChI is InChI=1S/C11H11Br2N3S/c1-14-5-4-10-15-16-11(17-10)8-6-7(12)2-3-9(8)13/h2-3,6,14H,4-5H2,1H3. The van der Waals surface area contributed by atoms with E-state index in [1.807, 2.05) is 25.2 Å². The molecule has 2 aromatic rings. The number of hydrogen-bond acceptors (Lipinski definition) is 4. The van der Waals surface area contributed by atoms with E-state index < -0.39 is 0 Å². The van der Waals surface area contributed by atoms with Crippen molar-refractivity contribution in [3.8, 4) is 10.6 Å². The Kier molecular flexibility index (Phi) is 4.67. The van der Waals surface area contributed by atoms with Crippen molar-refractivity contribution in [3.05, 3.63) is 32.2 Å². The molecule has 0 aliphatic heterocycles. The molecule has 0 saturated heterocycles. The monoisotopic (exact) mass is 375 g/mol. The molecular formula is C11H11Br2N3S. The lowest BCUT2D eigenvalue weighted by Crippen LogP contribution is -2.09. The third kappa shape index (κ3) is 3.34. The molecule has 0 unspecified atom stereocenters. The van der Waals surface area contributed by atoms with Gasteiger partial charge < -0.3 is 5.32 Å². The van der Waals surface area contributed by atoms with Gasteiger partial charge in [-0.05, 0) is 25.2 Å². The van der Waals surface area contributed by atoms with Gasteiger partial charge in [0.15, 0.2) is 0 Å². The Balaban J connectivity index is 2.27. The molecule has 3 nitrogen and oxygen atoms in total. The van der Waals surface area contributed by atoms with Crippen molar-refractivity contribution in [2.45, 2.75) is 6.42 Å². The zero-order chi connectivity index (χ0) is 12.3. The van der Waals surface area contributed by atoms with E-state index in [0.29, 0.717) is 0 Å². The summed E-state index contributed by atoms with van der Waals surface area (Å²) in [6.07, 6.45) is 0.916. The Labute approximate surface area is 121 Å². The van der Waals surface area contributed by atoms with Gasteiger partial charge in [0.1, 0.15) is 10.0 Å². The summed E-state index contributed by atoms with van der Waals surface area (Å²) < 4.78 is 2.08. The van der Waals surface area contributed by atoms with Crippen LogP contribution in [0, 0.1) is 0 Å². The summed E-state index contributed by atoms with van der Waals surface area (Å²) >= 11 is 8.64. The van der Waals surface area contributed by atoms with Gasteiger partial charge in [-0.25, -0.2) is 0 Å². The second kappa shape index (κ2) is 6.04. The van der Waals surface area contributed by atoms with Crippen molar-refractivity contribution >= 4 is 43.2 Å². The molecule has 0 spiro atoms. The van der Waals surface area contributed by atoms with Crippen LogP contribution in [0.25, 0.3) is 10.6 Å². The van der Waals surface area contributed by atoms with Crippen molar-refractivity contribution in [2.24, 2.45) is 0 Å². The average molecular weight is 377 g/mol. The lowest BCUT2D eigenvalue weighted by atomic mass is 10.2. The van der Waals surface area contributed by atoms with Crippen molar-refractivity contribution in [1.82, 2.24) is 15.5 Å². The molecule has 1 N–H and O–H groups in total. The number of likely N-dealkylation sites (N-methyl/N-ethyl adjacent to an activating group) is 1. The van der Waals surface area contributed by atoms with Crippen molar-refractivity contribution in [2.75, 3.05) is 13.6 Å². The van der Waals surface area contributed by atoms with Crippen molar-refractivity contribution < 1.29 is 0 Å². The summed E-state index contributed by atoms with van der Waals surface area (Å²) in [5, 5.41) is 13.5. The molecule has 0 aliphatic carbocycles. The predicted octanol–water partition coefficient (Wildman–Crippen LogP) is 3.49. The van der Waals surface area contributed by atoms with E-state index in [4.69, 9.17) is 0 Å². The van der Waals surface area contributed by atoms with Crippen LogP contribution >= 0.6 is 43.2 Å². The zero-order valence-electron chi connectivity index (χ0n) is 9.20. The summed E-state index contributed by atoms with van der Waals surface area (Å²) in [6.45, 7) is 0.925. The van der Waals surface area contributed by atoms with Crippen LogP contribution in [0.2, 0.25) is 0 Å². The van der Waals surface area contributed by atoms with Crippen LogP contribution in [-0.2, 0) is 6.42 Å². The fourth-order valence-electron chi connectivity index (χ4n) is 1.36. The van der Waals surface area contributed by atoms with E-state index in [9.17, 15) is 0 Å². The molecule has 0 amide bonds. The maximum absolute atomic E-state index is 4.23. The second-order valence-electron chi connectivity index (χ2n) is 3.48. The molecule has 0 bridgehead atoms. The number of aromatic nitrogens is 2. The fraction of sp³-hybridized carbons (Fsp3) is 0.273. The highest BCUT2D eigenvalue weighted by molar-refractivity contribution is 9.11. The highest BCUT2D eigenvalue weighted by Crippen LogP contribution is 2.32. The van der Waals surface area contributed by atoms with Crippen LogP contribution in [0.1, 0.15) is 5.01 Å². The van der Waals surface area contributed by atoms with Crippen molar-refractivity contribution in [3.63, 3.8) is 0 Å².